The number of imidazole rings is 1. The fraction of sp³-hybridized carbons (Fsp3) is 0.455. The van der Waals surface area contributed by atoms with E-state index in [9.17, 15) is 10.1 Å². The first-order valence-electron chi connectivity index (χ1n) is 10.5. The minimum absolute atomic E-state index is 0.0574. The van der Waals surface area contributed by atoms with Crippen molar-refractivity contribution >= 4 is 22.4 Å². The lowest BCUT2D eigenvalue weighted by molar-refractivity contribution is -0.392. The van der Waals surface area contributed by atoms with Crippen molar-refractivity contribution in [2.24, 2.45) is 0 Å². The van der Waals surface area contributed by atoms with Crippen LogP contribution in [0.2, 0.25) is 0 Å². The van der Waals surface area contributed by atoms with E-state index < -0.39 is 0 Å². The predicted molar refractivity (Wildman–Crippen MR) is 118 cm³/mol. The summed E-state index contributed by atoms with van der Waals surface area (Å²) in [5, 5.41) is 19.5. The number of rotatable bonds is 7. The van der Waals surface area contributed by atoms with E-state index in [2.05, 4.69) is 51.8 Å². The molecule has 0 spiro atoms. The molecule has 0 bridgehead atoms. The SMILES string of the molecule is Cc1ccc2c(NC3CCC(NCCn4c([N+](=O)[O-])cnc4C)CC3)ccnc2c1. The van der Waals surface area contributed by atoms with Crippen molar-refractivity contribution in [3.8, 4) is 0 Å². The van der Waals surface area contributed by atoms with E-state index in [1.54, 1.807) is 11.5 Å². The lowest BCUT2D eigenvalue weighted by Crippen LogP contribution is -2.38. The fourth-order valence-electron chi connectivity index (χ4n) is 4.30. The smallest absolute Gasteiger partial charge is 0.342 e. The van der Waals surface area contributed by atoms with Crippen LogP contribution in [0.15, 0.2) is 36.7 Å². The second-order valence-electron chi connectivity index (χ2n) is 8.10. The van der Waals surface area contributed by atoms with Gasteiger partial charge in [0.2, 0.25) is 0 Å². The van der Waals surface area contributed by atoms with Gasteiger partial charge in [-0.1, -0.05) is 12.1 Å². The molecule has 0 saturated heterocycles. The van der Waals surface area contributed by atoms with Gasteiger partial charge in [-0.2, -0.15) is 0 Å². The normalized spacial score (nSPS) is 19.1. The maximum absolute atomic E-state index is 11.1. The number of nitrogens with zero attached hydrogens (tertiary/aromatic N) is 4. The van der Waals surface area contributed by atoms with Crippen LogP contribution in [0.1, 0.15) is 37.1 Å². The molecular weight excluding hydrogens is 380 g/mol. The largest absolute Gasteiger partial charge is 0.382 e. The number of nitro groups is 1. The van der Waals surface area contributed by atoms with E-state index in [1.165, 1.54) is 17.1 Å². The monoisotopic (exact) mass is 408 g/mol. The maximum atomic E-state index is 11.1. The van der Waals surface area contributed by atoms with Gasteiger partial charge < -0.3 is 20.7 Å². The van der Waals surface area contributed by atoms with Crippen LogP contribution < -0.4 is 10.6 Å². The van der Waals surface area contributed by atoms with Crippen molar-refractivity contribution in [3.05, 3.63) is 58.2 Å². The third-order valence-corrected chi connectivity index (χ3v) is 5.97. The molecule has 0 radical (unpaired) electrons. The predicted octanol–water partition coefficient (Wildman–Crippen LogP) is 3.97. The zero-order valence-corrected chi connectivity index (χ0v) is 17.5. The maximum Gasteiger partial charge on any atom is 0.342 e. The van der Waals surface area contributed by atoms with Gasteiger partial charge in [-0.05, 0) is 55.2 Å². The van der Waals surface area contributed by atoms with Crippen LogP contribution in [-0.2, 0) is 6.54 Å². The first kappa shape index (κ1) is 20.3. The molecule has 2 heterocycles. The highest BCUT2D eigenvalue weighted by atomic mass is 16.6. The van der Waals surface area contributed by atoms with Crippen molar-refractivity contribution in [2.45, 2.75) is 58.2 Å². The molecule has 1 aromatic carbocycles. The Balaban J connectivity index is 1.28. The molecule has 2 N–H and O–H groups in total. The van der Waals surface area contributed by atoms with E-state index in [0.29, 0.717) is 31.0 Å². The summed E-state index contributed by atoms with van der Waals surface area (Å²) in [6, 6.07) is 9.35. The number of hydrogen-bond donors (Lipinski definition) is 2. The van der Waals surface area contributed by atoms with Crippen molar-refractivity contribution in [2.75, 3.05) is 11.9 Å². The van der Waals surface area contributed by atoms with E-state index >= 15 is 0 Å². The summed E-state index contributed by atoms with van der Waals surface area (Å²) in [5.74, 6) is 0.734. The van der Waals surface area contributed by atoms with E-state index in [0.717, 1.165) is 36.9 Å². The average molecular weight is 409 g/mol. The van der Waals surface area contributed by atoms with Crippen molar-refractivity contribution in [1.82, 2.24) is 19.9 Å². The molecule has 158 valence electrons. The fourth-order valence-corrected chi connectivity index (χ4v) is 4.30. The first-order chi connectivity index (χ1) is 14.5. The van der Waals surface area contributed by atoms with Gasteiger partial charge in [-0.25, -0.2) is 9.55 Å². The van der Waals surface area contributed by atoms with Gasteiger partial charge in [-0.15, -0.1) is 0 Å². The Labute approximate surface area is 175 Å². The number of pyridine rings is 1. The van der Waals surface area contributed by atoms with E-state index in [1.807, 2.05) is 6.20 Å². The Morgan fingerprint density at radius 1 is 1.13 bits per heavy atom. The summed E-state index contributed by atoms with van der Waals surface area (Å²) < 4.78 is 1.66. The van der Waals surface area contributed by atoms with E-state index in [4.69, 9.17) is 0 Å². The summed E-state index contributed by atoms with van der Waals surface area (Å²) in [6.07, 6.45) is 7.57. The summed E-state index contributed by atoms with van der Waals surface area (Å²) in [6.45, 7) is 5.15. The lowest BCUT2D eigenvalue weighted by Gasteiger charge is -2.30. The molecule has 0 atom stereocenters. The van der Waals surface area contributed by atoms with Crippen molar-refractivity contribution in [1.29, 1.82) is 0 Å². The summed E-state index contributed by atoms with van der Waals surface area (Å²) in [4.78, 5) is 19.3. The number of hydrogen-bond acceptors (Lipinski definition) is 6. The lowest BCUT2D eigenvalue weighted by atomic mass is 9.91. The first-order valence-corrected chi connectivity index (χ1v) is 10.5. The molecule has 2 aromatic heterocycles. The summed E-state index contributed by atoms with van der Waals surface area (Å²) in [5.41, 5.74) is 3.40. The number of fused-ring (bicyclic) bond motifs is 1. The molecule has 0 amide bonds. The van der Waals surface area contributed by atoms with Crippen LogP contribution in [-0.4, -0.2) is 38.1 Å². The Bertz CT molecular complexity index is 1040. The summed E-state index contributed by atoms with van der Waals surface area (Å²) >= 11 is 0. The highest BCUT2D eigenvalue weighted by molar-refractivity contribution is 5.91. The molecule has 1 aliphatic carbocycles. The number of aromatic nitrogens is 3. The van der Waals surface area contributed by atoms with Crippen molar-refractivity contribution < 1.29 is 4.92 Å². The summed E-state index contributed by atoms with van der Waals surface area (Å²) in [7, 11) is 0. The van der Waals surface area contributed by atoms with Crippen LogP contribution in [0.5, 0.6) is 0 Å². The average Bonchev–Trinajstić information content (AvgIpc) is 3.10. The Kier molecular flexibility index (Phi) is 5.94. The second-order valence-corrected chi connectivity index (χ2v) is 8.10. The third kappa shape index (κ3) is 4.43. The second kappa shape index (κ2) is 8.79. The van der Waals surface area contributed by atoms with Crippen LogP contribution in [0.4, 0.5) is 11.5 Å². The molecule has 1 aliphatic rings. The van der Waals surface area contributed by atoms with Crippen LogP contribution in [0.25, 0.3) is 10.9 Å². The highest BCUT2D eigenvalue weighted by Crippen LogP contribution is 2.27. The van der Waals surface area contributed by atoms with Crippen molar-refractivity contribution in [3.63, 3.8) is 0 Å². The minimum atomic E-state index is -0.374. The quantitative estimate of drug-likeness (QED) is 0.453. The van der Waals surface area contributed by atoms with Gasteiger partial charge in [0.05, 0.1) is 5.52 Å². The molecule has 30 heavy (non-hydrogen) atoms. The molecule has 8 nitrogen and oxygen atoms in total. The van der Waals surface area contributed by atoms with Gasteiger partial charge in [0, 0.05) is 42.8 Å². The molecule has 8 heteroatoms. The van der Waals surface area contributed by atoms with Crippen LogP contribution >= 0.6 is 0 Å². The van der Waals surface area contributed by atoms with Gasteiger partial charge >= 0.3 is 5.82 Å². The molecule has 1 fully saturated rings. The topological polar surface area (TPSA) is 97.9 Å². The zero-order valence-electron chi connectivity index (χ0n) is 17.5. The molecule has 0 unspecified atom stereocenters. The minimum Gasteiger partial charge on any atom is -0.382 e. The third-order valence-electron chi connectivity index (χ3n) is 5.97. The van der Waals surface area contributed by atoms with Gasteiger partial charge in [-0.3, -0.25) is 4.98 Å². The van der Waals surface area contributed by atoms with Crippen LogP contribution in [0.3, 0.4) is 0 Å². The molecule has 1 saturated carbocycles. The molecule has 4 rings (SSSR count). The van der Waals surface area contributed by atoms with E-state index in [-0.39, 0.29) is 10.7 Å². The highest BCUT2D eigenvalue weighted by Gasteiger charge is 2.22. The Morgan fingerprint density at radius 3 is 2.67 bits per heavy atom. The van der Waals surface area contributed by atoms with Gasteiger partial charge in [0.25, 0.3) is 0 Å². The number of anilines is 1. The molecule has 0 aliphatic heterocycles. The number of nitrogens with one attached hydrogen (secondary N) is 2. The number of aryl methyl sites for hydroxylation is 2. The van der Waals surface area contributed by atoms with Gasteiger partial charge in [0.1, 0.15) is 12.7 Å². The Morgan fingerprint density at radius 2 is 1.90 bits per heavy atom. The number of benzene rings is 1. The van der Waals surface area contributed by atoms with Gasteiger partial charge in [0.15, 0.2) is 5.82 Å². The molecular formula is C22H28N6O2. The molecule has 3 aromatic rings. The standard InChI is InChI=1S/C22H28N6O2/c1-15-3-8-19-20(9-10-24-21(19)13-15)26-18-6-4-17(5-7-18)23-11-12-27-16(2)25-14-22(27)28(29)30/h3,8-10,13-14,17-18,23H,4-7,11-12H2,1-2H3,(H,24,26). The zero-order chi connectivity index (χ0) is 21.1. The Hall–Kier alpha value is -3.00. The van der Waals surface area contributed by atoms with Crippen LogP contribution in [0, 0.1) is 24.0 Å².